The average Bonchev–Trinajstić information content (AvgIpc) is 3.08. The van der Waals surface area contributed by atoms with E-state index in [0.29, 0.717) is 39.4 Å². The van der Waals surface area contributed by atoms with Crippen molar-refractivity contribution in [3.63, 3.8) is 0 Å². The highest BCUT2D eigenvalue weighted by Crippen LogP contribution is 2.20. The maximum atomic E-state index is 13.0. The summed E-state index contributed by atoms with van der Waals surface area (Å²) in [4.78, 5) is 19.3. The molecule has 1 atom stereocenters. The summed E-state index contributed by atoms with van der Waals surface area (Å²) < 4.78 is 5.65. The number of ether oxygens (including phenoxy) is 1. The predicted molar refractivity (Wildman–Crippen MR) is 103 cm³/mol. The van der Waals surface area contributed by atoms with Crippen molar-refractivity contribution in [3.8, 4) is 0 Å². The van der Waals surface area contributed by atoms with Crippen LogP contribution in [0.4, 0.5) is 0 Å². The minimum atomic E-state index is -0.967. The molecular weight excluding hydrogens is 342 g/mol. The van der Waals surface area contributed by atoms with Gasteiger partial charge < -0.3 is 19.6 Å². The van der Waals surface area contributed by atoms with Crippen molar-refractivity contribution in [1.82, 2.24) is 14.7 Å². The van der Waals surface area contributed by atoms with Gasteiger partial charge in [-0.3, -0.25) is 9.69 Å². The average molecular weight is 373 g/mol. The van der Waals surface area contributed by atoms with E-state index in [0.717, 1.165) is 32.6 Å². The molecule has 6 nitrogen and oxygen atoms in total. The van der Waals surface area contributed by atoms with Crippen LogP contribution in [-0.2, 0) is 22.5 Å². The van der Waals surface area contributed by atoms with E-state index in [1.54, 1.807) is 0 Å². The molecule has 1 aromatic carbocycles. The van der Waals surface area contributed by atoms with Crippen LogP contribution in [0.5, 0.6) is 0 Å². The largest absolute Gasteiger partial charge is 0.384 e. The molecule has 3 aliphatic heterocycles. The topological polar surface area (TPSA) is 56.3 Å². The van der Waals surface area contributed by atoms with Gasteiger partial charge in [0.2, 0.25) is 5.91 Å². The molecule has 1 N–H and O–H groups in total. The third kappa shape index (κ3) is 4.69. The van der Waals surface area contributed by atoms with Gasteiger partial charge in [0, 0.05) is 26.2 Å². The maximum Gasteiger partial charge on any atom is 0.236 e. The molecule has 1 amide bonds. The first-order valence-electron chi connectivity index (χ1n) is 10.2. The molecule has 148 valence electrons. The Morgan fingerprint density at radius 1 is 1.07 bits per heavy atom. The number of carbonyl (C=O) groups is 1. The normalized spacial score (nSPS) is 27.4. The summed E-state index contributed by atoms with van der Waals surface area (Å²) in [7, 11) is 0. The van der Waals surface area contributed by atoms with E-state index < -0.39 is 5.60 Å². The third-order valence-electron chi connectivity index (χ3n) is 6.00. The number of fused-ring (bicyclic) bond motifs is 1. The van der Waals surface area contributed by atoms with E-state index in [4.69, 9.17) is 4.74 Å². The number of β-amino-alcohol motifs (C(OH)–C–C–N with tert-alkyl or cyclic N) is 1. The number of carbonyl (C=O) groups excluding carboxylic acids is 1. The van der Waals surface area contributed by atoms with Crippen molar-refractivity contribution in [1.29, 1.82) is 0 Å². The Bertz CT molecular complexity index is 662. The lowest BCUT2D eigenvalue weighted by Crippen LogP contribution is -2.54. The van der Waals surface area contributed by atoms with Crippen molar-refractivity contribution in [2.24, 2.45) is 0 Å². The molecule has 6 heteroatoms. The molecule has 3 aliphatic rings. The van der Waals surface area contributed by atoms with Gasteiger partial charge in [-0.2, -0.15) is 0 Å². The highest BCUT2D eigenvalue weighted by molar-refractivity contribution is 5.78. The molecule has 0 bridgehead atoms. The van der Waals surface area contributed by atoms with Crippen LogP contribution in [0.1, 0.15) is 24.0 Å². The summed E-state index contributed by atoms with van der Waals surface area (Å²) in [5, 5.41) is 11.1. The lowest BCUT2D eigenvalue weighted by molar-refractivity contribution is -0.136. The Morgan fingerprint density at radius 2 is 1.85 bits per heavy atom. The number of amides is 1. The Morgan fingerprint density at radius 3 is 2.67 bits per heavy atom. The van der Waals surface area contributed by atoms with Crippen LogP contribution in [-0.4, -0.2) is 90.3 Å². The maximum absolute atomic E-state index is 13.0. The number of hydrogen-bond acceptors (Lipinski definition) is 5. The number of nitrogens with zero attached hydrogens (tertiary/aromatic N) is 3. The van der Waals surface area contributed by atoms with Crippen LogP contribution in [0.3, 0.4) is 0 Å². The Balaban J connectivity index is 1.36. The van der Waals surface area contributed by atoms with Crippen molar-refractivity contribution in [2.75, 3.05) is 59.0 Å². The predicted octanol–water partition coefficient (Wildman–Crippen LogP) is 0.730. The van der Waals surface area contributed by atoms with E-state index in [-0.39, 0.29) is 5.91 Å². The molecule has 4 rings (SSSR count). The molecule has 27 heavy (non-hydrogen) atoms. The highest BCUT2D eigenvalue weighted by Gasteiger charge is 2.37. The Labute approximate surface area is 161 Å². The number of aliphatic hydroxyl groups is 1. The zero-order valence-corrected chi connectivity index (χ0v) is 16.1. The third-order valence-corrected chi connectivity index (χ3v) is 6.00. The van der Waals surface area contributed by atoms with E-state index in [1.165, 1.54) is 24.0 Å². The van der Waals surface area contributed by atoms with Crippen molar-refractivity contribution < 1.29 is 14.6 Å². The van der Waals surface area contributed by atoms with E-state index in [2.05, 4.69) is 34.1 Å². The zero-order valence-electron chi connectivity index (χ0n) is 16.1. The van der Waals surface area contributed by atoms with Crippen molar-refractivity contribution in [3.05, 3.63) is 35.4 Å². The fraction of sp³-hybridized carbons (Fsp3) is 0.667. The van der Waals surface area contributed by atoms with E-state index in [9.17, 15) is 9.90 Å². The summed E-state index contributed by atoms with van der Waals surface area (Å²) in [6.07, 6.45) is 3.37. The van der Waals surface area contributed by atoms with E-state index >= 15 is 0 Å². The number of rotatable bonds is 4. The van der Waals surface area contributed by atoms with E-state index in [1.807, 2.05) is 4.90 Å². The monoisotopic (exact) mass is 373 g/mol. The minimum Gasteiger partial charge on any atom is -0.384 e. The molecule has 0 radical (unpaired) electrons. The number of hydrogen-bond donors (Lipinski definition) is 1. The summed E-state index contributed by atoms with van der Waals surface area (Å²) in [6, 6.07) is 8.48. The van der Waals surface area contributed by atoms with Crippen LogP contribution in [0.25, 0.3) is 0 Å². The first-order valence-corrected chi connectivity index (χ1v) is 10.2. The van der Waals surface area contributed by atoms with Gasteiger partial charge >= 0.3 is 0 Å². The summed E-state index contributed by atoms with van der Waals surface area (Å²) in [6.45, 7) is 6.53. The summed E-state index contributed by atoms with van der Waals surface area (Å²) in [5.74, 6) is 0.0970. The molecule has 0 spiro atoms. The van der Waals surface area contributed by atoms with Gasteiger partial charge in [-0.25, -0.2) is 0 Å². The zero-order chi connectivity index (χ0) is 18.7. The molecule has 0 unspecified atom stereocenters. The van der Waals surface area contributed by atoms with Gasteiger partial charge in [0.05, 0.1) is 26.3 Å². The molecule has 0 aromatic heterocycles. The molecule has 3 heterocycles. The molecular formula is C21H31N3O3. The fourth-order valence-electron chi connectivity index (χ4n) is 4.56. The minimum absolute atomic E-state index is 0.0970. The molecule has 0 saturated carbocycles. The SMILES string of the molecule is O=C(CN1CCc2ccccc2C1)N1CCOC[C@](O)(CN2CCCC2)C1. The first-order chi connectivity index (χ1) is 13.1. The molecule has 2 saturated heterocycles. The van der Waals surface area contributed by atoms with Gasteiger partial charge in [-0.1, -0.05) is 24.3 Å². The number of likely N-dealkylation sites (tertiary alicyclic amines) is 1. The van der Waals surface area contributed by atoms with Crippen LogP contribution >= 0.6 is 0 Å². The van der Waals surface area contributed by atoms with Gasteiger partial charge in [-0.15, -0.1) is 0 Å². The standard InChI is InChI=1S/C21H31N3O3/c25-20(14-23-10-7-18-5-1-2-6-19(18)13-23)24-11-12-27-17-21(26,16-24)15-22-8-3-4-9-22/h1-2,5-6,26H,3-4,7-17H2/t21-/m0/s1. The van der Waals surface area contributed by atoms with Crippen LogP contribution in [0.2, 0.25) is 0 Å². The second kappa shape index (κ2) is 8.27. The Hall–Kier alpha value is -1.47. The number of benzene rings is 1. The lowest BCUT2D eigenvalue weighted by Gasteiger charge is -2.35. The molecule has 0 aliphatic carbocycles. The van der Waals surface area contributed by atoms with Gasteiger partial charge in [0.25, 0.3) is 0 Å². The fourth-order valence-corrected chi connectivity index (χ4v) is 4.56. The van der Waals surface area contributed by atoms with Gasteiger partial charge in [-0.05, 0) is 43.5 Å². The quantitative estimate of drug-likeness (QED) is 0.843. The van der Waals surface area contributed by atoms with Crippen LogP contribution < -0.4 is 0 Å². The smallest absolute Gasteiger partial charge is 0.236 e. The highest BCUT2D eigenvalue weighted by atomic mass is 16.5. The van der Waals surface area contributed by atoms with Gasteiger partial charge in [0.15, 0.2) is 0 Å². The summed E-state index contributed by atoms with van der Waals surface area (Å²) in [5.41, 5.74) is 1.75. The van der Waals surface area contributed by atoms with Crippen LogP contribution in [0.15, 0.2) is 24.3 Å². The first kappa shape index (κ1) is 18.9. The van der Waals surface area contributed by atoms with Gasteiger partial charge in [0.1, 0.15) is 5.60 Å². The lowest BCUT2D eigenvalue weighted by atomic mass is 10.00. The summed E-state index contributed by atoms with van der Waals surface area (Å²) >= 11 is 0. The Kier molecular flexibility index (Phi) is 5.78. The van der Waals surface area contributed by atoms with Crippen molar-refractivity contribution in [2.45, 2.75) is 31.4 Å². The van der Waals surface area contributed by atoms with Crippen molar-refractivity contribution >= 4 is 5.91 Å². The second-order valence-electron chi connectivity index (χ2n) is 8.30. The van der Waals surface area contributed by atoms with Crippen LogP contribution in [0, 0.1) is 0 Å². The molecule has 1 aromatic rings. The molecule has 2 fully saturated rings. The second-order valence-corrected chi connectivity index (χ2v) is 8.30.